The first kappa shape index (κ1) is 19.3. The molecule has 0 saturated carbocycles. The molecule has 10 heteroatoms. The summed E-state index contributed by atoms with van der Waals surface area (Å²) >= 11 is 8.70. The van der Waals surface area contributed by atoms with Crippen LogP contribution in [0.15, 0.2) is 29.6 Å². The zero-order valence-corrected chi connectivity index (χ0v) is 17.1. The fourth-order valence-corrected chi connectivity index (χ4v) is 4.09. The van der Waals surface area contributed by atoms with Crippen LogP contribution in [-0.2, 0) is 0 Å². The molecule has 3 rings (SSSR count). The molecule has 0 aliphatic rings. The molecular formula is C17H16ClN3O4S2. The summed E-state index contributed by atoms with van der Waals surface area (Å²) in [7, 11) is 4.53. The normalized spacial score (nSPS) is 10.4. The molecule has 0 aliphatic heterocycles. The standard InChI is InChI=1S/C17H16ClN3O4S2/c1-23-11-6-9(7-12(24-2)15(11)25-3)19-16(22)21-17-20-10(8-26-17)13-4-5-14(18)27-13/h4-8H,1-3H3,(H2,19,20,21,22). The average Bonchev–Trinajstić information content (AvgIpc) is 3.29. The largest absolute Gasteiger partial charge is 0.493 e. The number of ether oxygens (including phenoxy) is 3. The van der Waals surface area contributed by atoms with Crippen LogP contribution in [0.2, 0.25) is 4.34 Å². The summed E-state index contributed by atoms with van der Waals surface area (Å²) in [5, 5.41) is 7.76. The number of amides is 2. The molecule has 0 radical (unpaired) electrons. The first-order valence-corrected chi connectivity index (χ1v) is 9.70. The van der Waals surface area contributed by atoms with Crippen molar-refractivity contribution < 1.29 is 19.0 Å². The van der Waals surface area contributed by atoms with Crippen molar-refractivity contribution in [3.05, 3.63) is 34.0 Å². The summed E-state index contributed by atoms with van der Waals surface area (Å²) in [6, 6.07) is 6.55. The summed E-state index contributed by atoms with van der Waals surface area (Å²) in [5.41, 5.74) is 1.25. The molecule has 27 heavy (non-hydrogen) atoms. The SMILES string of the molecule is COc1cc(NC(=O)Nc2nc(-c3ccc(Cl)s3)cs2)cc(OC)c1OC. The fourth-order valence-electron chi connectivity index (χ4n) is 2.31. The lowest BCUT2D eigenvalue weighted by Crippen LogP contribution is -2.19. The molecule has 2 heterocycles. The van der Waals surface area contributed by atoms with Crippen LogP contribution < -0.4 is 24.8 Å². The predicted molar refractivity (Wildman–Crippen MR) is 109 cm³/mol. The van der Waals surface area contributed by atoms with Gasteiger partial charge in [-0.1, -0.05) is 11.6 Å². The number of carbonyl (C=O) groups excluding carboxylic acids is 1. The maximum atomic E-state index is 12.3. The van der Waals surface area contributed by atoms with E-state index in [1.165, 1.54) is 44.0 Å². The van der Waals surface area contributed by atoms with Gasteiger partial charge in [-0.3, -0.25) is 5.32 Å². The molecule has 2 aromatic heterocycles. The van der Waals surface area contributed by atoms with Gasteiger partial charge in [-0.25, -0.2) is 9.78 Å². The number of hydrogen-bond acceptors (Lipinski definition) is 7. The van der Waals surface area contributed by atoms with Gasteiger partial charge < -0.3 is 19.5 Å². The minimum absolute atomic E-state index is 0.436. The number of thiazole rings is 1. The highest BCUT2D eigenvalue weighted by molar-refractivity contribution is 7.20. The lowest BCUT2D eigenvalue weighted by atomic mass is 10.2. The Morgan fingerprint density at radius 2 is 1.78 bits per heavy atom. The molecule has 0 spiro atoms. The van der Waals surface area contributed by atoms with Crippen LogP contribution in [-0.4, -0.2) is 32.3 Å². The van der Waals surface area contributed by atoms with E-state index in [0.29, 0.717) is 32.4 Å². The first-order chi connectivity index (χ1) is 13.0. The minimum Gasteiger partial charge on any atom is -0.493 e. The molecule has 0 atom stereocenters. The second kappa shape index (κ2) is 8.47. The lowest BCUT2D eigenvalue weighted by Gasteiger charge is -2.14. The number of thiophene rings is 1. The summed E-state index contributed by atoms with van der Waals surface area (Å²) < 4.78 is 16.5. The van der Waals surface area contributed by atoms with Gasteiger partial charge in [-0.05, 0) is 12.1 Å². The zero-order valence-electron chi connectivity index (χ0n) is 14.7. The number of urea groups is 1. The van der Waals surface area contributed by atoms with Gasteiger partial charge in [0.2, 0.25) is 5.75 Å². The van der Waals surface area contributed by atoms with E-state index < -0.39 is 6.03 Å². The monoisotopic (exact) mass is 425 g/mol. The maximum Gasteiger partial charge on any atom is 0.325 e. The molecule has 142 valence electrons. The van der Waals surface area contributed by atoms with Crippen molar-refractivity contribution in [3.63, 3.8) is 0 Å². The van der Waals surface area contributed by atoms with E-state index >= 15 is 0 Å². The summed E-state index contributed by atoms with van der Waals surface area (Å²) in [6.07, 6.45) is 0. The number of carbonyl (C=O) groups is 1. The molecule has 7 nitrogen and oxygen atoms in total. The highest BCUT2D eigenvalue weighted by atomic mass is 35.5. The number of halogens is 1. The van der Waals surface area contributed by atoms with Crippen LogP contribution >= 0.6 is 34.3 Å². The maximum absolute atomic E-state index is 12.3. The van der Waals surface area contributed by atoms with Crippen molar-refractivity contribution in [2.45, 2.75) is 0 Å². The van der Waals surface area contributed by atoms with Crippen LogP contribution in [0.3, 0.4) is 0 Å². The van der Waals surface area contributed by atoms with Crippen molar-refractivity contribution in [3.8, 4) is 27.8 Å². The van der Waals surface area contributed by atoms with Gasteiger partial charge in [0.15, 0.2) is 16.6 Å². The van der Waals surface area contributed by atoms with Gasteiger partial charge >= 0.3 is 6.03 Å². The molecule has 2 amide bonds. The van der Waals surface area contributed by atoms with E-state index in [1.807, 2.05) is 17.5 Å². The molecule has 0 fully saturated rings. The topological polar surface area (TPSA) is 81.7 Å². The molecule has 1 aromatic carbocycles. The van der Waals surface area contributed by atoms with Crippen molar-refractivity contribution in [1.29, 1.82) is 0 Å². The Morgan fingerprint density at radius 1 is 1.07 bits per heavy atom. The Kier molecular flexibility index (Phi) is 6.04. The van der Waals surface area contributed by atoms with E-state index in [4.69, 9.17) is 25.8 Å². The predicted octanol–water partition coefficient (Wildman–Crippen LogP) is 5.19. The van der Waals surface area contributed by atoms with E-state index in [0.717, 1.165) is 10.6 Å². The van der Waals surface area contributed by atoms with E-state index in [-0.39, 0.29) is 0 Å². The number of rotatable bonds is 6. The second-order valence-electron chi connectivity index (χ2n) is 5.13. The van der Waals surface area contributed by atoms with Gasteiger partial charge in [0.25, 0.3) is 0 Å². The van der Waals surface area contributed by atoms with E-state index in [2.05, 4.69) is 15.6 Å². The van der Waals surface area contributed by atoms with Crippen molar-refractivity contribution >= 4 is 51.1 Å². The lowest BCUT2D eigenvalue weighted by molar-refractivity contribution is 0.262. The van der Waals surface area contributed by atoms with Crippen LogP contribution in [0.1, 0.15) is 0 Å². The number of methoxy groups -OCH3 is 3. The Balaban J connectivity index is 1.72. The van der Waals surface area contributed by atoms with Crippen LogP contribution in [0.5, 0.6) is 17.2 Å². The van der Waals surface area contributed by atoms with Crippen LogP contribution in [0, 0.1) is 0 Å². The molecule has 0 unspecified atom stereocenters. The molecule has 3 aromatic rings. The molecule has 0 saturated heterocycles. The van der Waals surface area contributed by atoms with E-state index in [1.54, 1.807) is 12.1 Å². The number of nitrogens with one attached hydrogen (secondary N) is 2. The second-order valence-corrected chi connectivity index (χ2v) is 7.71. The number of hydrogen-bond donors (Lipinski definition) is 2. The molecule has 2 N–H and O–H groups in total. The average molecular weight is 426 g/mol. The third-order valence-corrected chi connectivity index (χ3v) is 5.48. The van der Waals surface area contributed by atoms with Crippen LogP contribution in [0.25, 0.3) is 10.6 Å². The van der Waals surface area contributed by atoms with Gasteiger partial charge in [0, 0.05) is 17.5 Å². The minimum atomic E-state index is -0.436. The quantitative estimate of drug-likeness (QED) is 0.567. The number of benzene rings is 1. The molecule has 0 aliphatic carbocycles. The van der Waals surface area contributed by atoms with Crippen molar-refractivity contribution in [2.75, 3.05) is 32.0 Å². The van der Waals surface area contributed by atoms with Gasteiger partial charge in [0.1, 0.15) is 0 Å². The Bertz CT molecular complexity index is 932. The smallest absolute Gasteiger partial charge is 0.325 e. The zero-order chi connectivity index (χ0) is 19.4. The molecule has 0 bridgehead atoms. The summed E-state index contributed by atoms with van der Waals surface area (Å²) in [5.74, 6) is 1.33. The highest BCUT2D eigenvalue weighted by Crippen LogP contribution is 2.40. The fraction of sp³-hybridized carbons (Fsp3) is 0.176. The van der Waals surface area contributed by atoms with E-state index in [9.17, 15) is 4.79 Å². The Hall–Kier alpha value is -2.49. The summed E-state index contributed by atoms with van der Waals surface area (Å²) in [4.78, 5) is 17.6. The van der Waals surface area contributed by atoms with Gasteiger partial charge in [-0.15, -0.1) is 22.7 Å². The van der Waals surface area contributed by atoms with Gasteiger partial charge in [-0.2, -0.15) is 0 Å². The number of anilines is 2. The summed E-state index contributed by atoms with van der Waals surface area (Å²) in [6.45, 7) is 0. The van der Waals surface area contributed by atoms with Crippen molar-refractivity contribution in [2.24, 2.45) is 0 Å². The number of nitrogens with zero attached hydrogens (tertiary/aromatic N) is 1. The highest BCUT2D eigenvalue weighted by Gasteiger charge is 2.15. The Morgan fingerprint density at radius 3 is 2.33 bits per heavy atom. The van der Waals surface area contributed by atoms with Crippen molar-refractivity contribution in [1.82, 2.24) is 4.98 Å². The molecular weight excluding hydrogens is 410 g/mol. The Labute approximate surface area is 168 Å². The first-order valence-electron chi connectivity index (χ1n) is 7.63. The third-order valence-electron chi connectivity index (χ3n) is 3.47. The third kappa shape index (κ3) is 4.44. The van der Waals surface area contributed by atoms with Gasteiger partial charge in [0.05, 0.1) is 41.9 Å². The number of aromatic nitrogens is 1. The van der Waals surface area contributed by atoms with Crippen LogP contribution in [0.4, 0.5) is 15.6 Å².